The van der Waals surface area contributed by atoms with Gasteiger partial charge in [-0.3, -0.25) is 0 Å². The lowest BCUT2D eigenvalue weighted by molar-refractivity contribution is 0.00696. The molecular formula is C19H19ClO2. The monoisotopic (exact) mass is 314 g/mol. The number of halogens is 1. The number of hydrogen-bond donors (Lipinski definition) is 0. The van der Waals surface area contributed by atoms with E-state index in [2.05, 4.69) is 6.58 Å². The van der Waals surface area contributed by atoms with E-state index in [0.717, 1.165) is 16.7 Å². The first kappa shape index (κ1) is 16.3. The molecule has 2 rings (SSSR count). The lowest BCUT2D eigenvalue weighted by atomic mass is 10.0. The molecule has 0 aliphatic rings. The minimum absolute atomic E-state index is 0.320. The largest absolute Gasteiger partial charge is 0.456 e. The van der Waals surface area contributed by atoms with Crippen molar-refractivity contribution in [3.8, 4) is 11.1 Å². The van der Waals surface area contributed by atoms with Crippen molar-refractivity contribution in [3.05, 3.63) is 65.2 Å². The summed E-state index contributed by atoms with van der Waals surface area (Å²) in [5.74, 6) is -0.320. The van der Waals surface area contributed by atoms with Crippen molar-refractivity contribution < 1.29 is 9.53 Å². The van der Waals surface area contributed by atoms with Crippen LogP contribution in [0.5, 0.6) is 0 Å². The van der Waals surface area contributed by atoms with Gasteiger partial charge in [-0.25, -0.2) is 4.79 Å². The second-order valence-corrected chi connectivity index (χ2v) is 6.43. The average Bonchev–Trinajstić information content (AvgIpc) is 2.45. The molecule has 0 heterocycles. The predicted octanol–water partition coefficient (Wildman–Crippen LogP) is 5.61. The number of benzene rings is 2. The van der Waals surface area contributed by atoms with Gasteiger partial charge in [0, 0.05) is 5.02 Å². The third-order valence-corrected chi connectivity index (χ3v) is 3.40. The van der Waals surface area contributed by atoms with Crippen molar-refractivity contribution in [2.75, 3.05) is 0 Å². The molecule has 22 heavy (non-hydrogen) atoms. The summed E-state index contributed by atoms with van der Waals surface area (Å²) in [5, 5.41) is 0.656. The maximum atomic E-state index is 12.0. The molecule has 0 amide bonds. The highest BCUT2D eigenvalue weighted by Crippen LogP contribution is 2.26. The Morgan fingerprint density at radius 2 is 1.68 bits per heavy atom. The molecule has 0 atom stereocenters. The first-order valence-electron chi connectivity index (χ1n) is 7.06. The highest BCUT2D eigenvalue weighted by atomic mass is 35.5. The molecule has 0 aromatic heterocycles. The van der Waals surface area contributed by atoms with Crippen molar-refractivity contribution in [3.63, 3.8) is 0 Å². The van der Waals surface area contributed by atoms with E-state index in [-0.39, 0.29) is 5.97 Å². The van der Waals surface area contributed by atoms with Gasteiger partial charge in [-0.15, -0.1) is 0 Å². The fraction of sp³-hybridized carbons (Fsp3) is 0.211. The van der Waals surface area contributed by atoms with Crippen molar-refractivity contribution in [1.82, 2.24) is 0 Å². The number of carbonyl (C=O) groups is 1. The highest BCUT2D eigenvalue weighted by molar-refractivity contribution is 6.32. The van der Waals surface area contributed by atoms with Gasteiger partial charge in [0.25, 0.3) is 0 Å². The molecule has 0 radical (unpaired) electrons. The molecule has 2 nitrogen and oxygen atoms in total. The van der Waals surface area contributed by atoms with Gasteiger partial charge in [-0.2, -0.15) is 0 Å². The van der Waals surface area contributed by atoms with Gasteiger partial charge in [-0.05, 0) is 55.7 Å². The molecule has 0 aliphatic heterocycles. The molecule has 3 heteroatoms. The maximum absolute atomic E-state index is 12.0. The number of ether oxygens (including phenoxy) is 1. The van der Waals surface area contributed by atoms with Crippen LogP contribution < -0.4 is 0 Å². The Hall–Kier alpha value is -2.06. The molecule has 0 saturated carbocycles. The van der Waals surface area contributed by atoms with E-state index in [1.54, 1.807) is 18.2 Å². The third-order valence-electron chi connectivity index (χ3n) is 3.07. The van der Waals surface area contributed by atoms with Crippen LogP contribution in [-0.2, 0) is 4.74 Å². The molecule has 2 aromatic carbocycles. The second-order valence-electron chi connectivity index (χ2n) is 6.02. The number of hydrogen-bond acceptors (Lipinski definition) is 2. The van der Waals surface area contributed by atoms with Crippen molar-refractivity contribution in [1.29, 1.82) is 0 Å². The number of carbonyl (C=O) groups excluding carboxylic acids is 1. The van der Waals surface area contributed by atoms with E-state index in [1.807, 2.05) is 51.1 Å². The van der Waals surface area contributed by atoms with E-state index in [1.165, 1.54) is 0 Å². The Labute approximate surface area is 136 Å². The lowest BCUT2D eigenvalue weighted by Crippen LogP contribution is -2.23. The van der Waals surface area contributed by atoms with Crippen LogP contribution in [0.25, 0.3) is 17.2 Å². The Bertz CT molecular complexity index is 694. The van der Waals surface area contributed by atoms with E-state index in [4.69, 9.17) is 16.3 Å². The standard InChI is InChI=1S/C19H19ClO2/c1-5-13-6-11-16(12-17(13)20)14-7-9-15(10-8-14)18(21)22-19(2,3)4/h5-12H,1H2,2-4H3. The van der Waals surface area contributed by atoms with E-state index in [0.29, 0.717) is 10.6 Å². The van der Waals surface area contributed by atoms with Crippen LogP contribution in [-0.4, -0.2) is 11.6 Å². The SMILES string of the molecule is C=Cc1ccc(-c2ccc(C(=O)OC(C)(C)C)cc2)cc1Cl. The van der Waals surface area contributed by atoms with Crippen molar-refractivity contribution >= 4 is 23.6 Å². The van der Waals surface area contributed by atoms with Gasteiger partial charge in [-0.1, -0.05) is 48.5 Å². The van der Waals surface area contributed by atoms with E-state index >= 15 is 0 Å². The summed E-state index contributed by atoms with van der Waals surface area (Å²) in [6.45, 7) is 9.27. The zero-order valence-electron chi connectivity index (χ0n) is 13.0. The zero-order valence-corrected chi connectivity index (χ0v) is 13.8. The molecule has 0 bridgehead atoms. The van der Waals surface area contributed by atoms with Gasteiger partial charge in [0.15, 0.2) is 0 Å². The third kappa shape index (κ3) is 3.99. The van der Waals surface area contributed by atoms with Gasteiger partial charge in [0.2, 0.25) is 0 Å². The molecule has 2 aromatic rings. The summed E-state index contributed by atoms with van der Waals surface area (Å²) < 4.78 is 5.35. The summed E-state index contributed by atoms with van der Waals surface area (Å²) in [7, 11) is 0. The minimum Gasteiger partial charge on any atom is -0.456 e. The summed E-state index contributed by atoms with van der Waals surface area (Å²) in [5.41, 5.74) is 2.92. The fourth-order valence-corrected chi connectivity index (χ4v) is 2.27. The number of rotatable bonds is 3. The van der Waals surface area contributed by atoms with Crippen LogP contribution in [0, 0.1) is 0 Å². The van der Waals surface area contributed by atoms with Crippen LogP contribution in [0.15, 0.2) is 49.0 Å². The Morgan fingerprint density at radius 1 is 1.09 bits per heavy atom. The zero-order chi connectivity index (χ0) is 16.3. The topological polar surface area (TPSA) is 26.3 Å². The second kappa shape index (κ2) is 6.37. The first-order valence-corrected chi connectivity index (χ1v) is 7.44. The van der Waals surface area contributed by atoms with Crippen LogP contribution in [0.4, 0.5) is 0 Å². The van der Waals surface area contributed by atoms with Gasteiger partial charge >= 0.3 is 5.97 Å². The van der Waals surface area contributed by atoms with E-state index in [9.17, 15) is 4.79 Å². The lowest BCUT2D eigenvalue weighted by Gasteiger charge is -2.19. The number of esters is 1. The molecule has 0 unspecified atom stereocenters. The average molecular weight is 315 g/mol. The van der Waals surface area contributed by atoms with Crippen LogP contribution in [0.2, 0.25) is 5.02 Å². The fourth-order valence-electron chi connectivity index (χ4n) is 2.01. The molecule has 0 saturated heterocycles. The predicted molar refractivity (Wildman–Crippen MR) is 92.1 cm³/mol. The van der Waals surface area contributed by atoms with Gasteiger partial charge in [0.1, 0.15) is 5.60 Å². The van der Waals surface area contributed by atoms with Crippen LogP contribution in [0.3, 0.4) is 0 Å². The van der Waals surface area contributed by atoms with Crippen molar-refractivity contribution in [2.45, 2.75) is 26.4 Å². The summed E-state index contributed by atoms with van der Waals surface area (Å²) in [6, 6.07) is 13.1. The smallest absolute Gasteiger partial charge is 0.338 e. The normalized spacial score (nSPS) is 11.1. The van der Waals surface area contributed by atoms with Gasteiger partial charge in [0.05, 0.1) is 5.56 Å². The van der Waals surface area contributed by atoms with Crippen LogP contribution in [0.1, 0.15) is 36.7 Å². The van der Waals surface area contributed by atoms with E-state index < -0.39 is 5.60 Å². The maximum Gasteiger partial charge on any atom is 0.338 e. The minimum atomic E-state index is -0.496. The molecule has 0 aliphatic carbocycles. The Morgan fingerprint density at radius 3 is 2.18 bits per heavy atom. The van der Waals surface area contributed by atoms with Crippen molar-refractivity contribution in [2.24, 2.45) is 0 Å². The summed E-state index contributed by atoms with van der Waals surface area (Å²) in [4.78, 5) is 12.0. The molecule has 0 fully saturated rings. The molecule has 114 valence electrons. The first-order chi connectivity index (χ1) is 10.3. The molecule has 0 spiro atoms. The molecule has 0 N–H and O–H groups in total. The summed E-state index contributed by atoms with van der Waals surface area (Å²) in [6.07, 6.45) is 1.72. The summed E-state index contributed by atoms with van der Waals surface area (Å²) >= 11 is 6.19. The van der Waals surface area contributed by atoms with Crippen LogP contribution >= 0.6 is 11.6 Å². The highest BCUT2D eigenvalue weighted by Gasteiger charge is 2.17. The van der Waals surface area contributed by atoms with Gasteiger partial charge < -0.3 is 4.74 Å². The quantitative estimate of drug-likeness (QED) is 0.689. The Kier molecular flexibility index (Phi) is 4.72. The molecular weight excluding hydrogens is 296 g/mol. The Balaban J connectivity index is 2.23.